The van der Waals surface area contributed by atoms with E-state index in [1.165, 1.54) is 16.6 Å². The van der Waals surface area contributed by atoms with Crippen molar-refractivity contribution < 1.29 is 4.79 Å². The zero-order valence-corrected chi connectivity index (χ0v) is 17.1. The number of hydrogen-bond acceptors (Lipinski definition) is 6. The summed E-state index contributed by atoms with van der Waals surface area (Å²) in [5, 5.41) is 14.5. The fourth-order valence-corrected chi connectivity index (χ4v) is 3.98. The van der Waals surface area contributed by atoms with Crippen molar-refractivity contribution in [1.82, 2.24) is 19.7 Å². The summed E-state index contributed by atoms with van der Waals surface area (Å²) in [6.07, 6.45) is 0.720. The molecule has 0 radical (unpaired) electrons. The van der Waals surface area contributed by atoms with Crippen molar-refractivity contribution in [3.63, 3.8) is 0 Å². The Bertz CT molecular complexity index is 927. The van der Waals surface area contributed by atoms with Crippen molar-refractivity contribution in [2.24, 2.45) is 7.05 Å². The van der Waals surface area contributed by atoms with Crippen LogP contribution in [0.15, 0.2) is 28.7 Å². The van der Waals surface area contributed by atoms with Crippen LogP contribution in [-0.2, 0) is 18.3 Å². The molecule has 3 aromatic heterocycles. The van der Waals surface area contributed by atoms with Gasteiger partial charge in [-0.2, -0.15) is 0 Å². The predicted molar refractivity (Wildman–Crippen MR) is 106 cm³/mol. The zero-order valence-electron chi connectivity index (χ0n) is 14.0. The summed E-state index contributed by atoms with van der Waals surface area (Å²) in [7, 11) is 1.89. The molecule has 136 valence electrons. The van der Waals surface area contributed by atoms with E-state index in [4.69, 9.17) is 23.2 Å². The second-order valence-electron chi connectivity index (χ2n) is 5.44. The lowest BCUT2D eigenvalue weighted by atomic mass is 10.3. The van der Waals surface area contributed by atoms with E-state index in [2.05, 4.69) is 26.6 Å². The molecule has 0 saturated carbocycles. The van der Waals surface area contributed by atoms with Gasteiger partial charge in [0.1, 0.15) is 5.82 Å². The number of hydrogen-bond donors (Lipinski definition) is 1. The van der Waals surface area contributed by atoms with Crippen LogP contribution in [0.4, 0.5) is 5.82 Å². The van der Waals surface area contributed by atoms with Crippen LogP contribution in [0.2, 0.25) is 10.0 Å². The Morgan fingerprint density at radius 1 is 1.35 bits per heavy atom. The first-order chi connectivity index (χ1) is 12.4. The number of thioether (sulfide) groups is 1. The minimum absolute atomic E-state index is 0.171. The minimum atomic E-state index is -0.228. The standard InChI is InChI=1S/C16H15Cl2N5OS2/c1-9-11(17)7-12(18)15(19-9)20-14(24)8-26-16-22-21-13(23(16)2)6-10-4-3-5-25-10/h3-5,7H,6,8H2,1-2H3,(H,19,20,24). The van der Waals surface area contributed by atoms with E-state index in [0.717, 1.165) is 12.2 Å². The average Bonchev–Trinajstić information content (AvgIpc) is 3.22. The summed E-state index contributed by atoms with van der Waals surface area (Å²) in [6.45, 7) is 1.75. The summed E-state index contributed by atoms with van der Waals surface area (Å²) in [4.78, 5) is 17.6. The molecular formula is C16H15Cl2N5OS2. The van der Waals surface area contributed by atoms with Gasteiger partial charge in [0.2, 0.25) is 5.91 Å². The maximum absolute atomic E-state index is 12.2. The molecule has 0 aromatic carbocycles. The van der Waals surface area contributed by atoms with E-state index in [0.29, 0.717) is 26.7 Å². The number of aromatic nitrogens is 4. The monoisotopic (exact) mass is 427 g/mol. The largest absolute Gasteiger partial charge is 0.309 e. The third-order valence-corrected chi connectivity index (χ3v) is 6.10. The number of nitrogens with one attached hydrogen (secondary N) is 1. The van der Waals surface area contributed by atoms with Crippen LogP contribution in [-0.4, -0.2) is 31.4 Å². The van der Waals surface area contributed by atoms with Gasteiger partial charge in [0.25, 0.3) is 0 Å². The number of nitrogens with zero attached hydrogens (tertiary/aromatic N) is 4. The van der Waals surface area contributed by atoms with Crippen LogP contribution in [0.5, 0.6) is 0 Å². The molecule has 0 aliphatic heterocycles. The summed E-state index contributed by atoms with van der Waals surface area (Å²) >= 11 is 15.0. The molecule has 3 rings (SSSR count). The molecule has 10 heteroatoms. The Morgan fingerprint density at radius 2 is 2.15 bits per heavy atom. The second-order valence-corrected chi connectivity index (χ2v) is 8.23. The molecule has 3 heterocycles. The highest BCUT2D eigenvalue weighted by Gasteiger charge is 2.14. The predicted octanol–water partition coefficient (Wildman–Crippen LogP) is 4.21. The first-order valence-corrected chi connectivity index (χ1v) is 10.2. The molecule has 6 nitrogen and oxygen atoms in total. The summed E-state index contributed by atoms with van der Waals surface area (Å²) < 4.78 is 1.90. The molecule has 0 fully saturated rings. The number of aryl methyl sites for hydroxylation is 1. The number of carbonyl (C=O) groups is 1. The minimum Gasteiger partial charge on any atom is -0.309 e. The molecule has 3 aromatic rings. The lowest BCUT2D eigenvalue weighted by molar-refractivity contribution is -0.113. The number of anilines is 1. The van der Waals surface area contributed by atoms with E-state index in [-0.39, 0.29) is 11.7 Å². The van der Waals surface area contributed by atoms with Crippen molar-refractivity contribution >= 4 is 58.0 Å². The van der Waals surface area contributed by atoms with E-state index < -0.39 is 0 Å². The first-order valence-electron chi connectivity index (χ1n) is 7.60. The van der Waals surface area contributed by atoms with Crippen molar-refractivity contribution in [1.29, 1.82) is 0 Å². The van der Waals surface area contributed by atoms with Gasteiger partial charge in [-0.25, -0.2) is 4.98 Å². The zero-order chi connectivity index (χ0) is 18.7. The first kappa shape index (κ1) is 19.2. The average molecular weight is 428 g/mol. The van der Waals surface area contributed by atoms with E-state index >= 15 is 0 Å². The van der Waals surface area contributed by atoms with Gasteiger partial charge in [0.15, 0.2) is 11.0 Å². The number of rotatable bonds is 6. The molecule has 0 spiro atoms. The third-order valence-electron chi connectivity index (χ3n) is 3.53. The molecule has 26 heavy (non-hydrogen) atoms. The van der Waals surface area contributed by atoms with E-state index in [9.17, 15) is 4.79 Å². The Kier molecular flexibility index (Phi) is 6.18. The highest BCUT2D eigenvalue weighted by Crippen LogP contribution is 2.26. The molecule has 0 aliphatic carbocycles. The Hall–Kier alpha value is -1.61. The fourth-order valence-electron chi connectivity index (χ4n) is 2.14. The number of carbonyl (C=O) groups excluding carboxylic acids is 1. The van der Waals surface area contributed by atoms with Crippen molar-refractivity contribution in [3.8, 4) is 0 Å². The van der Waals surface area contributed by atoms with Gasteiger partial charge in [-0.3, -0.25) is 4.79 Å². The Balaban J connectivity index is 1.60. The maximum atomic E-state index is 12.2. The quantitative estimate of drug-likeness (QED) is 0.596. The van der Waals surface area contributed by atoms with Crippen LogP contribution in [0.1, 0.15) is 16.4 Å². The van der Waals surface area contributed by atoms with Gasteiger partial charge in [0.05, 0.1) is 21.5 Å². The SMILES string of the molecule is Cc1nc(NC(=O)CSc2nnc(Cc3cccs3)n2C)c(Cl)cc1Cl. The number of amides is 1. The van der Waals surface area contributed by atoms with Crippen molar-refractivity contribution in [3.05, 3.63) is 50.0 Å². The fraction of sp³-hybridized carbons (Fsp3) is 0.250. The van der Waals surface area contributed by atoms with Gasteiger partial charge in [-0.05, 0) is 24.4 Å². The lowest BCUT2D eigenvalue weighted by Crippen LogP contribution is -2.16. The van der Waals surface area contributed by atoms with Crippen LogP contribution in [0.3, 0.4) is 0 Å². The highest BCUT2D eigenvalue weighted by atomic mass is 35.5. The molecule has 0 saturated heterocycles. The molecule has 1 amide bonds. The van der Waals surface area contributed by atoms with Gasteiger partial charge < -0.3 is 9.88 Å². The normalized spacial score (nSPS) is 10.9. The van der Waals surface area contributed by atoms with Crippen LogP contribution < -0.4 is 5.32 Å². The van der Waals surface area contributed by atoms with E-state index in [1.807, 2.05) is 23.1 Å². The summed E-state index contributed by atoms with van der Waals surface area (Å²) in [6, 6.07) is 5.63. The number of thiophene rings is 1. The van der Waals surface area contributed by atoms with Gasteiger partial charge in [0, 0.05) is 18.3 Å². The second kappa shape index (κ2) is 8.39. The lowest BCUT2D eigenvalue weighted by Gasteiger charge is -2.08. The van der Waals surface area contributed by atoms with Gasteiger partial charge in [-0.15, -0.1) is 21.5 Å². The van der Waals surface area contributed by atoms with Crippen LogP contribution >= 0.6 is 46.3 Å². The smallest absolute Gasteiger partial charge is 0.236 e. The van der Waals surface area contributed by atoms with Crippen molar-refractivity contribution in [2.75, 3.05) is 11.1 Å². The van der Waals surface area contributed by atoms with Crippen LogP contribution in [0.25, 0.3) is 0 Å². The topological polar surface area (TPSA) is 72.7 Å². The third kappa shape index (κ3) is 4.56. The summed E-state index contributed by atoms with van der Waals surface area (Å²) in [5.41, 5.74) is 0.602. The van der Waals surface area contributed by atoms with E-state index in [1.54, 1.807) is 24.3 Å². The Morgan fingerprint density at radius 3 is 2.88 bits per heavy atom. The molecule has 0 atom stereocenters. The Labute approximate surface area is 168 Å². The maximum Gasteiger partial charge on any atom is 0.236 e. The molecule has 1 N–H and O–H groups in total. The number of pyridine rings is 1. The molecule has 0 bridgehead atoms. The highest BCUT2D eigenvalue weighted by molar-refractivity contribution is 7.99. The molecule has 0 unspecified atom stereocenters. The van der Waals surface area contributed by atoms with Crippen molar-refractivity contribution in [2.45, 2.75) is 18.5 Å². The van der Waals surface area contributed by atoms with Gasteiger partial charge in [-0.1, -0.05) is 41.0 Å². The molecular weight excluding hydrogens is 413 g/mol. The van der Waals surface area contributed by atoms with Gasteiger partial charge >= 0.3 is 0 Å². The summed E-state index contributed by atoms with van der Waals surface area (Å²) in [5.74, 6) is 1.10. The molecule has 0 aliphatic rings. The number of halogens is 2. The van der Waals surface area contributed by atoms with Crippen LogP contribution in [0, 0.1) is 6.92 Å².